The number of nitrogens with one attached hydrogen (secondary N) is 1. The Hall–Kier alpha value is -1.98. The molecule has 0 unspecified atom stereocenters. The third kappa shape index (κ3) is 3.43. The zero-order valence-corrected chi connectivity index (χ0v) is 12.8. The number of hydrogen-bond donors (Lipinski definition) is 1. The van der Waals surface area contributed by atoms with Crippen molar-refractivity contribution in [3.8, 4) is 17.6 Å². The number of nitriles is 1. The van der Waals surface area contributed by atoms with Crippen molar-refractivity contribution in [2.45, 2.75) is 6.18 Å². The molecule has 1 heterocycles. The lowest BCUT2D eigenvalue weighted by molar-refractivity contribution is -0.139. The number of ether oxygens (including phenoxy) is 1. The predicted molar refractivity (Wildman–Crippen MR) is 76.0 cm³/mol. The van der Waals surface area contributed by atoms with E-state index in [1.54, 1.807) is 6.07 Å². The van der Waals surface area contributed by atoms with Crippen LogP contribution in [0.2, 0.25) is 5.02 Å². The lowest BCUT2D eigenvalue weighted by atomic mass is 10.2. The van der Waals surface area contributed by atoms with Gasteiger partial charge in [0, 0.05) is 15.7 Å². The first-order valence-electron chi connectivity index (χ1n) is 5.59. The maximum atomic E-state index is 13.1. The molecule has 0 amide bonds. The van der Waals surface area contributed by atoms with Crippen molar-refractivity contribution in [2.24, 2.45) is 0 Å². The van der Waals surface area contributed by atoms with Gasteiger partial charge in [-0.05, 0) is 34.1 Å². The molecule has 0 atom stereocenters. The Morgan fingerprint density at radius 3 is 2.59 bits per heavy atom. The molecule has 0 aliphatic carbocycles. The second-order valence-corrected chi connectivity index (χ2v) is 5.35. The van der Waals surface area contributed by atoms with Gasteiger partial charge in [0.05, 0.1) is 11.6 Å². The largest absolute Gasteiger partial charge is 0.451 e. The molecule has 1 aromatic carbocycles. The minimum atomic E-state index is -4.81. The lowest BCUT2D eigenvalue weighted by Gasteiger charge is -2.14. The standard InChI is InChI=1S/C13H5BrClF3N2O2/c14-9-5-20-12(21)11(10(9)13(16,17)18)22-8-2-6(4-19)1-7(15)3-8/h1-3,5H,(H,20,21). The SMILES string of the molecule is N#Cc1cc(Cl)cc(Oc2c(C(F)(F)F)c(Br)c[nH]c2=O)c1. The molecule has 0 aliphatic heterocycles. The predicted octanol–water partition coefficient (Wildman–Crippen LogP) is 4.47. The highest BCUT2D eigenvalue weighted by Crippen LogP contribution is 2.40. The number of aromatic nitrogens is 1. The molecule has 22 heavy (non-hydrogen) atoms. The highest BCUT2D eigenvalue weighted by Gasteiger charge is 2.38. The Labute approximate surface area is 135 Å². The monoisotopic (exact) mass is 392 g/mol. The van der Waals surface area contributed by atoms with Crippen LogP contribution in [-0.2, 0) is 6.18 Å². The highest BCUT2D eigenvalue weighted by molar-refractivity contribution is 9.10. The van der Waals surface area contributed by atoms with Gasteiger partial charge in [-0.2, -0.15) is 18.4 Å². The van der Waals surface area contributed by atoms with Gasteiger partial charge in [0.25, 0.3) is 5.56 Å². The Balaban J connectivity index is 2.60. The van der Waals surface area contributed by atoms with Gasteiger partial charge < -0.3 is 9.72 Å². The number of rotatable bonds is 2. The summed E-state index contributed by atoms with van der Waals surface area (Å²) in [6, 6.07) is 5.46. The van der Waals surface area contributed by atoms with Crippen LogP contribution in [0.4, 0.5) is 13.2 Å². The van der Waals surface area contributed by atoms with Crippen molar-refractivity contribution in [1.29, 1.82) is 5.26 Å². The number of aromatic amines is 1. The first-order chi connectivity index (χ1) is 10.2. The van der Waals surface area contributed by atoms with E-state index in [0.717, 1.165) is 6.20 Å². The van der Waals surface area contributed by atoms with Crippen molar-refractivity contribution >= 4 is 27.5 Å². The molecule has 0 fully saturated rings. The summed E-state index contributed by atoms with van der Waals surface area (Å²) in [6.45, 7) is 0. The van der Waals surface area contributed by atoms with E-state index < -0.39 is 23.0 Å². The Kier molecular flexibility index (Phi) is 4.49. The van der Waals surface area contributed by atoms with Gasteiger partial charge in [0.1, 0.15) is 11.3 Å². The van der Waals surface area contributed by atoms with E-state index in [4.69, 9.17) is 21.6 Å². The fourth-order valence-corrected chi connectivity index (χ4v) is 2.40. The van der Waals surface area contributed by atoms with Crippen molar-refractivity contribution < 1.29 is 17.9 Å². The van der Waals surface area contributed by atoms with Crippen LogP contribution in [0.15, 0.2) is 33.7 Å². The molecule has 0 spiro atoms. The molecule has 1 N–H and O–H groups in total. The van der Waals surface area contributed by atoms with Crippen LogP contribution in [0.1, 0.15) is 11.1 Å². The van der Waals surface area contributed by atoms with E-state index in [1.165, 1.54) is 18.2 Å². The van der Waals surface area contributed by atoms with Crippen LogP contribution in [0.25, 0.3) is 0 Å². The van der Waals surface area contributed by atoms with E-state index in [1.807, 2.05) is 0 Å². The number of pyridine rings is 1. The third-order valence-corrected chi connectivity index (χ3v) is 3.35. The molecule has 0 saturated carbocycles. The van der Waals surface area contributed by atoms with E-state index in [-0.39, 0.29) is 20.8 Å². The topological polar surface area (TPSA) is 65.9 Å². The molecule has 114 valence electrons. The average Bonchev–Trinajstić information content (AvgIpc) is 2.40. The number of alkyl halides is 3. The van der Waals surface area contributed by atoms with Crippen LogP contribution in [0, 0.1) is 11.3 Å². The molecule has 0 bridgehead atoms. The van der Waals surface area contributed by atoms with Gasteiger partial charge in [-0.25, -0.2) is 0 Å². The summed E-state index contributed by atoms with van der Waals surface area (Å²) in [5.41, 5.74) is -2.23. The second-order valence-electron chi connectivity index (χ2n) is 4.06. The van der Waals surface area contributed by atoms with Crippen LogP contribution >= 0.6 is 27.5 Å². The lowest BCUT2D eigenvalue weighted by Crippen LogP contribution is -2.17. The van der Waals surface area contributed by atoms with Gasteiger partial charge >= 0.3 is 6.18 Å². The molecule has 9 heteroatoms. The van der Waals surface area contributed by atoms with Gasteiger partial charge in [0.2, 0.25) is 5.75 Å². The van der Waals surface area contributed by atoms with E-state index in [2.05, 4.69) is 20.9 Å². The van der Waals surface area contributed by atoms with Crippen molar-refractivity contribution in [3.05, 3.63) is 55.4 Å². The maximum absolute atomic E-state index is 13.1. The molecular formula is C13H5BrClF3N2O2. The van der Waals surface area contributed by atoms with Gasteiger partial charge in [0.15, 0.2) is 0 Å². The number of hydrogen-bond acceptors (Lipinski definition) is 3. The first-order valence-corrected chi connectivity index (χ1v) is 6.76. The Morgan fingerprint density at radius 1 is 1.32 bits per heavy atom. The second kappa shape index (κ2) is 6.02. The third-order valence-electron chi connectivity index (χ3n) is 2.51. The molecule has 0 radical (unpaired) electrons. The highest BCUT2D eigenvalue weighted by atomic mass is 79.9. The van der Waals surface area contributed by atoms with Crippen LogP contribution < -0.4 is 10.3 Å². The van der Waals surface area contributed by atoms with Crippen LogP contribution in [0.5, 0.6) is 11.5 Å². The van der Waals surface area contributed by atoms with Crippen molar-refractivity contribution in [2.75, 3.05) is 0 Å². The van der Waals surface area contributed by atoms with E-state index in [0.29, 0.717) is 0 Å². The summed E-state index contributed by atoms with van der Waals surface area (Å²) >= 11 is 8.47. The fraction of sp³-hybridized carbons (Fsp3) is 0.0769. The summed E-state index contributed by atoms with van der Waals surface area (Å²) in [5.74, 6) is -1.09. The summed E-state index contributed by atoms with van der Waals surface area (Å²) in [5, 5.41) is 8.91. The van der Waals surface area contributed by atoms with Crippen LogP contribution in [0.3, 0.4) is 0 Å². The minimum absolute atomic E-state index is 0.0856. The van der Waals surface area contributed by atoms with Gasteiger partial charge in [-0.3, -0.25) is 4.79 Å². The normalized spacial score (nSPS) is 11.1. The zero-order chi connectivity index (χ0) is 16.5. The zero-order valence-electron chi connectivity index (χ0n) is 10.5. The van der Waals surface area contributed by atoms with Crippen molar-refractivity contribution in [1.82, 2.24) is 4.98 Å². The molecular weight excluding hydrogens is 389 g/mol. The van der Waals surface area contributed by atoms with Gasteiger partial charge in [-0.15, -0.1) is 0 Å². The van der Waals surface area contributed by atoms with E-state index >= 15 is 0 Å². The minimum Gasteiger partial charge on any atom is -0.451 e. The average molecular weight is 394 g/mol. The number of benzene rings is 1. The van der Waals surface area contributed by atoms with Crippen molar-refractivity contribution in [3.63, 3.8) is 0 Å². The summed E-state index contributed by atoms with van der Waals surface area (Å²) in [6.07, 6.45) is -3.93. The maximum Gasteiger partial charge on any atom is 0.421 e. The van der Waals surface area contributed by atoms with E-state index in [9.17, 15) is 18.0 Å². The van der Waals surface area contributed by atoms with Crippen LogP contribution in [-0.4, -0.2) is 4.98 Å². The molecule has 4 nitrogen and oxygen atoms in total. The number of halogens is 5. The number of H-pyrrole nitrogens is 1. The smallest absolute Gasteiger partial charge is 0.421 e. The summed E-state index contributed by atoms with van der Waals surface area (Å²) in [4.78, 5) is 13.8. The fourth-order valence-electron chi connectivity index (χ4n) is 1.65. The molecule has 2 rings (SSSR count). The molecule has 0 saturated heterocycles. The molecule has 1 aromatic heterocycles. The first kappa shape index (κ1) is 16.4. The summed E-state index contributed by atoms with van der Waals surface area (Å²) < 4.78 is 43.9. The Bertz CT molecular complexity index is 828. The quantitative estimate of drug-likeness (QED) is 0.818. The Morgan fingerprint density at radius 2 is 2.00 bits per heavy atom. The molecule has 0 aliphatic rings. The number of nitrogens with zero attached hydrogens (tertiary/aromatic N) is 1. The summed E-state index contributed by atoms with van der Waals surface area (Å²) in [7, 11) is 0. The molecule has 2 aromatic rings. The van der Waals surface area contributed by atoms with Gasteiger partial charge in [-0.1, -0.05) is 11.6 Å².